The van der Waals surface area contributed by atoms with Gasteiger partial charge in [-0.2, -0.15) is 0 Å². The Morgan fingerprint density at radius 1 is 1.00 bits per heavy atom. The van der Waals surface area contributed by atoms with Gasteiger partial charge in [0.05, 0.1) is 6.26 Å². The highest BCUT2D eigenvalue weighted by molar-refractivity contribution is 6.07. The maximum Gasteiger partial charge on any atom is 0.291 e. The van der Waals surface area contributed by atoms with Gasteiger partial charge in [-0.25, -0.2) is 0 Å². The SMILES string of the molecule is CC(=O)N1CCc2cc(NC(=O)c3ccc(C)c(NC(=O)c4ccco4)c3)ccc21. The van der Waals surface area contributed by atoms with Gasteiger partial charge in [-0.3, -0.25) is 14.4 Å². The van der Waals surface area contributed by atoms with Crippen LogP contribution in [-0.4, -0.2) is 24.3 Å². The Balaban J connectivity index is 1.50. The van der Waals surface area contributed by atoms with Crippen molar-refractivity contribution in [2.45, 2.75) is 20.3 Å². The summed E-state index contributed by atoms with van der Waals surface area (Å²) in [6.45, 7) is 4.05. The third-order valence-electron chi connectivity index (χ3n) is 5.11. The van der Waals surface area contributed by atoms with Crippen LogP contribution in [-0.2, 0) is 11.2 Å². The third-order valence-corrected chi connectivity index (χ3v) is 5.11. The van der Waals surface area contributed by atoms with E-state index in [2.05, 4.69) is 10.6 Å². The summed E-state index contributed by atoms with van der Waals surface area (Å²) in [6.07, 6.45) is 2.18. The summed E-state index contributed by atoms with van der Waals surface area (Å²) in [5, 5.41) is 5.66. The lowest BCUT2D eigenvalue weighted by Gasteiger charge is -2.15. The number of benzene rings is 2. The first-order valence-corrected chi connectivity index (χ1v) is 9.60. The third kappa shape index (κ3) is 3.82. The number of fused-ring (bicyclic) bond motifs is 1. The molecule has 3 aromatic rings. The zero-order valence-corrected chi connectivity index (χ0v) is 16.7. The predicted molar refractivity (Wildman–Crippen MR) is 114 cm³/mol. The van der Waals surface area contributed by atoms with Crippen molar-refractivity contribution in [3.8, 4) is 0 Å². The van der Waals surface area contributed by atoms with Crippen molar-refractivity contribution in [3.63, 3.8) is 0 Å². The summed E-state index contributed by atoms with van der Waals surface area (Å²) < 4.78 is 5.11. The Morgan fingerprint density at radius 3 is 2.57 bits per heavy atom. The zero-order valence-electron chi connectivity index (χ0n) is 16.7. The Bertz CT molecular complexity index is 1140. The molecule has 4 rings (SSSR count). The molecule has 0 aliphatic carbocycles. The molecule has 2 aromatic carbocycles. The van der Waals surface area contributed by atoms with Crippen LogP contribution in [0.1, 0.15) is 39.0 Å². The number of aryl methyl sites for hydroxylation is 1. The Labute approximate surface area is 173 Å². The Hall–Kier alpha value is -3.87. The fourth-order valence-corrected chi connectivity index (χ4v) is 3.50. The number of hydrogen-bond donors (Lipinski definition) is 2. The molecule has 3 amide bonds. The van der Waals surface area contributed by atoms with Crippen molar-refractivity contribution in [3.05, 3.63) is 77.2 Å². The van der Waals surface area contributed by atoms with Crippen LogP contribution in [0.4, 0.5) is 17.1 Å². The van der Waals surface area contributed by atoms with Crippen LogP contribution in [0.5, 0.6) is 0 Å². The molecule has 0 fully saturated rings. The molecule has 0 spiro atoms. The van der Waals surface area contributed by atoms with E-state index >= 15 is 0 Å². The fraction of sp³-hybridized carbons (Fsp3) is 0.174. The lowest BCUT2D eigenvalue weighted by molar-refractivity contribution is -0.116. The molecule has 0 bridgehead atoms. The molecule has 1 aliphatic rings. The molecule has 1 aromatic heterocycles. The molecule has 30 heavy (non-hydrogen) atoms. The molecular weight excluding hydrogens is 382 g/mol. The normalized spacial score (nSPS) is 12.4. The van der Waals surface area contributed by atoms with E-state index < -0.39 is 0 Å². The maximum atomic E-state index is 12.8. The van der Waals surface area contributed by atoms with E-state index in [1.165, 1.54) is 6.26 Å². The lowest BCUT2D eigenvalue weighted by atomic mass is 10.1. The minimum Gasteiger partial charge on any atom is -0.459 e. The van der Waals surface area contributed by atoms with E-state index in [0.29, 0.717) is 23.5 Å². The Morgan fingerprint density at radius 2 is 1.83 bits per heavy atom. The highest BCUT2D eigenvalue weighted by Gasteiger charge is 2.22. The van der Waals surface area contributed by atoms with Gasteiger partial charge in [0.1, 0.15) is 0 Å². The topological polar surface area (TPSA) is 91.7 Å². The van der Waals surface area contributed by atoms with Crippen LogP contribution >= 0.6 is 0 Å². The second kappa shape index (κ2) is 7.87. The van der Waals surface area contributed by atoms with E-state index in [1.54, 1.807) is 48.2 Å². The van der Waals surface area contributed by atoms with E-state index in [1.807, 2.05) is 19.1 Å². The second-order valence-electron chi connectivity index (χ2n) is 7.18. The molecular formula is C23H21N3O4. The fourth-order valence-electron chi connectivity index (χ4n) is 3.50. The molecule has 0 unspecified atom stereocenters. The van der Waals surface area contributed by atoms with Crippen LogP contribution in [0.2, 0.25) is 0 Å². The highest BCUT2D eigenvalue weighted by Crippen LogP contribution is 2.30. The van der Waals surface area contributed by atoms with Crippen LogP contribution in [0.3, 0.4) is 0 Å². The molecule has 152 valence electrons. The van der Waals surface area contributed by atoms with Gasteiger partial charge in [0.15, 0.2) is 5.76 Å². The summed E-state index contributed by atoms with van der Waals surface area (Å²) in [7, 11) is 0. The summed E-state index contributed by atoms with van der Waals surface area (Å²) >= 11 is 0. The van der Waals surface area contributed by atoms with Gasteiger partial charge in [0, 0.05) is 36.1 Å². The van der Waals surface area contributed by atoms with Gasteiger partial charge in [-0.15, -0.1) is 0 Å². The van der Waals surface area contributed by atoms with Crippen molar-refractivity contribution < 1.29 is 18.8 Å². The summed E-state index contributed by atoms with van der Waals surface area (Å²) in [6, 6.07) is 13.9. The van der Waals surface area contributed by atoms with Crippen molar-refractivity contribution in [1.82, 2.24) is 0 Å². The van der Waals surface area contributed by atoms with Gasteiger partial charge >= 0.3 is 0 Å². The van der Waals surface area contributed by atoms with E-state index in [4.69, 9.17) is 4.42 Å². The van der Waals surface area contributed by atoms with Gasteiger partial charge in [0.2, 0.25) is 5.91 Å². The van der Waals surface area contributed by atoms with Gasteiger partial charge in [-0.05, 0) is 66.9 Å². The molecule has 7 nitrogen and oxygen atoms in total. The molecule has 0 atom stereocenters. The minimum atomic E-state index is -0.380. The zero-order chi connectivity index (χ0) is 21.3. The number of hydrogen-bond acceptors (Lipinski definition) is 4. The largest absolute Gasteiger partial charge is 0.459 e. The maximum absolute atomic E-state index is 12.8. The number of furan rings is 1. The van der Waals surface area contributed by atoms with Gasteiger partial charge < -0.3 is 20.0 Å². The van der Waals surface area contributed by atoms with Crippen LogP contribution < -0.4 is 15.5 Å². The standard InChI is InChI=1S/C23H21N3O4/c1-14-5-6-17(13-19(14)25-23(29)21-4-3-11-30-21)22(28)24-18-7-8-20-16(12-18)9-10-26(20)15(2)27/h3-8,11-13H,9-10H2,1-2H3,(H,24,28)(H,25,29). The number of rotatable bonds is 4. The molecule has 1 aliphatic heterocycles. The minimum absolute atomic E-state index is 0.00863. The molecule has 0 radical (unpaired) electrons. The number of carbonyl (C=O) groups is 3. The molecule has 0 saturated heterocycles. The van der Waals surface area contributed by atoms with E-state index in [0.717, 1.165) is 23.2 Å². The van der Waals surface area contributed by atoms with E-state index in [9.17, 15) is 14.4 Å². The molecule has 2 N–H and O–H groups in total. The average molecular weight is 403 g/mol. The van der Waals surface area contributed by atoms with Crippen LogP contribution in [0, 0.1) is 6.92 Å². The summed E-state index contributed by atoms with van der Waals surface area (Å²) in [5.41, 5.74) is 4.35. The average Bonchev–Trinajstić information content (AvgIpc) is 3.39. The van der Waals surface area contributed by atoms with Crippen LogP contribution in [0.25, 0.3) is 0 Å². The summed E-state index contributed by atoms with van der Waals surface area (Å²) in [4.78, 5) is 38.4. The first-order valence-electron chi connectivity index (χ1n) is 9.60. The van der Waals surface area contributed by atoms with Crippen molar-refractivity contribution in [1.29, 1.82) is 0 Å². The lowest BCUT2D eigenvalue weighted by Crippen LogP contribution is -2.25. The number of carbonyl (C=O) groups excluding carboxylic acids is 3. The van der Waals surface area contributed by atoms with Crippen LogP contribution in [0.15, 0.2) is 59.2 Å². The quantitative estimate of drug-likeness (QED) is 0.689. The van der Waals surface area contributed by atoms with Gasteiger partial charge in [-0.1, -0.05) is 6.07 Å². The Kier molecular flexibility index (Phi) is 5.10. The van der Waals surface area contributed by atoms with Crippen molar-refractivity contribution in [2.24, 2.45) is 0 Å². The molecule has 7 heteroatoms. The number of amides is 3. The second-order valence-corrected chi connectivity index (χ2v) is 7.18. The van der Waals surface area contributed by atoms with E-state index in [-0.39, 0.29) is 23.5 Å². The monoisotopic (exact) mass is 403 g/mol. The molecule has 2 heterocycles. The molecule has 0 saturated carbocycles. The smallest absolute Gasteiger partial charge is 0.291 e. The first-order chi connectivity index (χ1) is 14.4. The number of nitrogens with zero attached hydrogens (tertiary/aromatic N) is 1. The predicted octanol–water partition coefficient (Wildman–Crippen LogP) is 4.00. The van der Waals surface area contributed by atoms with Crippen molar-refractivity contribution in [2.75, 3.05) is 22.1 Å². The highest BCUT2D eigenvalue weighted by atomic mass is 16.3. The number of anilines is 3. The van der Waals surface area contributed by atoms with Gasteiger partial charge in [0.25, 0.3) is 11.8 Å². The summed E-state index contributed by atoms with van der Waals surface area (Å²) in [5.74, 6) is -0.463. The first kappa shape index (κ1) is 19.4. The van der Waals surface area contributed by atoms with Crippen molar-refractivity contribution >= 4 is 34.8 Å². The number of nitrogens with one attached hydrogen (secondary N) is 2.